The van der Waals surface area contributed by atoms with Gasteiger partial charge in [0.2, 0.25) is 0 Å². The van der Waals surface area contributed by atoms with Crippen molar-refractivity contribution >= 4 is 22.5 Å². The monoisotopic (exact) mass is 361 g/mol. The number of H-pyrrole nitrogens is 1. The molecule has 2 aromatic carbocycles. The molecule has 135 valence electrons. The highest BCUT2D eigenvalue weighted by molar-refractivity contribution is 6.05. The molecule has 2 heterocycles. The normalized spacial score (nSPS) is 11.1. The van der Waals surface area contributed by atoms with E-state index in [-0.39, 0.29) is 5.91 Å². The minimum Gasteiger partial charge on any atom is -0.351 e. The Balaban J connectivity index is 1.51. The van der Waals surface area contributed by atoms with Crippen molar-refractivity contribution in [2.24, 2.45) is 0 Å². The van der Waals surface area contributed by atoms with Gasteiger partial charge in [0.1, 0.15) is 11.5 Å². The molecule has 27 heavy (non-hydrogen) atoms. The van der Waals surface area contributed by atoms with Gasteiger partial charge in [-0.1, -0.05) is 24.3 Å². The number of benzene rings is 2. The minimum absolute atomic E-state index is 0.313. The summed E-state index contributed by atoms with van der Waals surface area (Å²) in [7, 11) is 0. The lowest BCUT2D eigenvalue weighted by Gasteiger charge is -2.09. The summed E-state index contributed by atoms with van der Waals surface area (Å²) in [5, 5.41) is 7.98. The number of carbonyl (C=O) groups is 1. The SMILES string of the molecule is Cc1[c]c(C)n(Cc2ccc(NC(=O)c3cc4ccccc4[nH]3)cc2F)n1. The van der Waals surface area contributed by atoms with Crippen LogP contribution >= 0.6 is 0 Å². The number of para-hydroxylation sites is 1. The van der Waals surface area contributed by atoms with E-state index in [1.807, 2.05) is 38.1 Å². The van der Waals surface area contributed by atoms with E-state index in [1.54, 1.807) is 22.9 Å². The Morgan fingerprint density at radius 3 is 2.74 bits per heavy atom. The van der Waals surface area contributed by atoms with E-state index in [9.17, 15) is 9.18 Å². The fourth-order valence-electron chi connectivity index (χ4n) is 3.07. The van der Waals surface area contributed by atoms with Gasteiger partial charge in [0, 0.05) is 33.9 Å². The van der Waals surface area contributed by atoms with Crippen LogP contribution in [0.5, 0.6) is 0 Å². The molecule has 2 N–H and O–H groups in total. The maximum Gasteiger partial charge on any atom is 0.272 e. The Kier molecular flexibility index (Phi) is 4.24. The summed E-state index contributed by atoms with van der Waals surface area (Å²) in [5.74, 6) is -0.705. The van der Waals surface area contributed by atoms with Crippen LogP contribution in [-0.2, 0) is 6.54 Å². The van der Waals surface area contributed by atoms with Crippen molar-refractivity contribution in [2.75, 3.05) is 5.32 Å². The van der Waals surface area contributed by atoms with E-state index in [4.69, 9.17) is 0 Å². The molecule has 0 aliphatic carbocycles. The van der Waals surface area contributed by atoms with Gasteiger partial charge in [-0.25, -0.2) is 4.39 Å². The van der Waals surface area contributed by atoms with Gasteiger partial charge in [-0.2, -0.15) is 5.10 Å². The molecule has 0 saturated heterocycles. The summed E-state index contributed by atoms with van der Waals surface area (Å²) < 4.78 is 16.2. The highest BCUT2D eigenvalue weighted by atomic mass is 19.1. The molecule has 1 amide bonds. The van der Waals surface area contributed by atoms with Crippen LogP contribution in [-0.4, -0.2) is 20.7 Å². The summed E-state index contributed by atoms with van der Waals surface area (Å²) in [4.78, 5) is 15.5. The maximum absolute atomic E-state index is 14.5. The van der Waals surface area contributed by atoms with Crippen LogP contribution in [0.3, 0.4) is 0 Å². The second-order valence-corrected chi connectivity index (χ2v) is 6.48. The van der Waals surface area contributed by atoms with Crippen LogP contribution in [0, 0.1) is 25.7 Å². The van der Waals surface area contributed by atoms with Crippen molar-refractivity contribution in [3.8, 4) is 0 Å². The standard InChI is InChI=1S/C21H18FN4O/c1-13-9-14(2)26(25-13)12-16-7-8-17(11-18(16)22)23-21(27)20-10-15-5-3-4-6-19(15)24-20/h3-8,10-11,24H,12H2,1-2H3,(H,23,27). The molecule has 0 unspecified atom stereocenters. The number of nitrogens with one attached hydrogen (secondary N) is 2. The van der Waals surface area contributed by atoms with Crippen molar-refractivity contribution in [3.63, 3.8) is 0 Å². The highest BCUT2D eigenvalue weighted by Crippen LogP contribution is 2.19. The lowest BCUT2D eigenvalue weighted by molar-refractivity contribution is 0.102. The van der Waals surface area contributed by atoms with Crippen LogP contribution in [0.15, 0.2) is 48.5 Å². The third kappa shape index (κ3) is 3.46. The molecule has 4 rings (SSSR count). The van der Waals surface area contributed by atoms with Gasteiger partial charge in [-0.3, -0.25) is 9.48 Å². The Morgan fingerprint density at radius 1 is 1.22 bits per heavy atom. The number of aromatic amines is 1. The third-order valence-corrected chi connectivity index (χ3v) is 4.43. The summed E-state index contributed by atoms with van der Waals surface area (Å²) in [6.45, 7) is 4.05. The molecular weight excluding hydrogens is 343 g/mol. The van der Waals surface area contributed by atoms with E-state index in [0.717, 1.165) is 22.3 Å². The second kappa shape index (κ2) is 6.72. The first kappa shape index (κ1) is 17.0. The average molecular weight is 361 g/mol. The largest absolute Gasteiger partial charge is 0.351 e. The number of anilines is 1. The van der Waals surface area contributed by atoms with E-state index in [1.165, 1.54) is 6.07 Å². The molecule has 1 radical (unpaired) electrons. The van der Waals surface area contributed by atoms with Gasteiger partial charge in [0.15, 0.2) is 0 Å². The third-order valence-electron chi connectivity index (χ3n) is 4.43. The minimum atomic E-state index is -0.392. The van der Waals surface area contributed by atoms with E-state index in [0.29, 0.717) is 23.5 Å². The number of nitrogens with zero attached hydrogens (tertiary/aromatic N) is 2. The average Bonchev–Trinajstić information content (AvgIpc) is 3.20. The fraction of sp³-hybridized carbons (Fsp3) is 0.143. The van der Waals surface area contributed by atoms with Crippen LogP contribution in [0.4, 0.5) is 10.1 Å². The number of fused-ring (bicyclic) bond motifs is 1. The van der Waals surface area contributed by atoms with Gasteiger partial charge < -0.3 is 10.3 Å². The molecular formula is C21H18FN4O. The van der Waals surface area contributed by atoms with Gasteiger partial charge >= 0.3 is 0 Å². The van der Waals surface area contributed by atoms with Crippen molar-refractivity contribution in [1.29, 1.82) is 0 Å². The first-order valence-electron chi connectivity index (χ1n) is 8.60. The van der Waals surface area contributed by atoms with Crippen molar-refractivity contribution < 1.29 is 9.18 Å². The van der Waals surface area contributed by atoms with Gasteiger partial charge in [-0.15, -0.1) is 0 Å². The van der Waals surface area contributed by atoms with Crippen molar-refractivity contribution in [1.82, 2.24) is 14.8 Å². The summed E-state index contributed by atoms with van der Waals surface area (Å²) in [6, 6.07) is 17.2. The zero-order valence-corrected chi connectivity index (χ0v) is 15.0. The number of aryl methyl sites for hydroxylation is 2. The Morgan fingerprint density at radius 2 is 2.04 bits per heavy atom. The molecule has 4 aromatic rings. The summed E-state index contributed by atoms with van der Waals surface area (Å²) >= 11 is 0. The smallest absolute Gasteiger partial charge is 0.272 e. The molecule has 0 bridgehead atoms. The number of carbonyl (C=O) groups excluding carboxylic acids is 1. The number of hydrogen-bond acceptors (Lipinski definition) is 2. The van der Waals surface area contributed by atoms with E-state index < -0.39 is 5.82 Å². The molecule has 0 fully saturated rings. The zero-order valence-electron chi connectivity index (χ0n) is 15.0. The molecule has 5 nitrogen and oxygen atoms in total. The Hall–Kier alpha value is -3.41. The number of rotatable bonds is 4. The van der Waals surface area contributed by atoms with Gasteiger partial charge in [-0.05, 0) is 38.1 Å². The first-order chi connectivity index (χ1) is 13.0. The molecule has 2 aromatic heterocycles. The Labute approximate surface area is 155 Å². The number of aromatic nitrogens is 3. The highest BCUT2D eigenvalue weighted by Gasteiger charge is 2.12. The second-order valence-electron chi connectivity index (χ2n) is 6.48. The predicted molar refractivity (Wildman–Crippen MR) is 102 cm³/mol. The quantitative estimate of drug-likeness (QED) is 0.572. The number of hydrogen-bond donors (Lipinski definition) is 2. The molecule has 0 atom stereocenters. The van der Waals surface area contributed by atoms with Crippen molar-refractivity contribution in [2.45, 2.75) is 20.4 Å². The zero-order chi connectivity index (χ0) is 19.0. The number of halogens is 1. The predicted octanol–water partition coefficient (Wildman–Crippen LogP) is 4.22. The van der Waals surface area contributed by atoms with E-state index in [2.05, 4.69) is 21.5 Å². The molecule has 0 saturated carbocycles. The molecule has 0 aliphatic heterocycles. The van der Waals surface area contributed by atoms with E-state index >= 15 is 0 Å². The maximum atomic E-state index is 14.5. The number of amides is 1. The van der Waals surface area contributed by atoms with Crippen LogP contribution in [0.25, 0.3) is 10.9 Å². The Bertz CT molecular complexity index is 1110. The molecule has 6 heteroatoms. The van der Waals surface area contributed by atoms with Crippen LogP contribution in [0.1, 0.15) is 27.4 Å². The summed E-state index contributed by atoms with van der Waals surface area (Å²) in [5.41, 5.74) is 3.83. The fourth-order valence-corrected chi connectivity index (χ4v) is 3.07. The summed E-state index contributed by atoms with van der Waals surface area (Å²) in [6.07, 6.45) is 0. The van der Waals surface area contributed by atoms with Crippen LogP contribution in [0.2, 0.25) is 0 Å². The topological polar surface area (TPSA) is 62.7 Å². The molecule has 0 spiro atoms. The van der Waals surface area contributed by atoms with Crippen LogP contribution < -0.4 is 5.32 Å². The van der Waals surface area contributed by atoms with Crippen molar-refractivity contribution in [3.05, 3.63) is 83.1 Å². The molecule has 0 aliphatic rings. The van der Waals surface area contributed by atoms with Gasteiger partial charge in [0.05, 0.1) is 12.2 Å². The lowest BCUT2D eigenvalue weighted by atomic mass is 10.2. The lowest BCUT2D eigenvalue weighted by Crippen LogP contribution is -2.13. The first-order valence-corrected chi connectivity index (χ1v) is 8.60. The van der Waals surface area contributed by atoms with Gasteiger partial charge in [0.25, 0.3) is 5.91 Å².